The molecule has 1 aliphatic rings. The van der Waals surface area contributed by atoms with Crippen LogP contribution in [0.5, 0.6) is 0 Å². The van der Waals surface area contributed by atoms with Gasteiger partial charge in [-0.3, -0.25) is 9.69 Å². The lowest BCUT2D eigenvalue weighted by atomic mass is 10.2. The minimum atomic E-state index is -1.03. The summed E-state index contributed by atoms with van der Waals surface area (Å²) in [7, 11) is 0. The van der Waals surface area contributed by atoms with Gasteiger partial charge in [0.2, 0.25) is 5.91 Å². The molecule has 1 unspecified atom stereocenters. The summed E-state index contributed by atoms with van der Waals surface area (Å²) < 4.78 is 30.9. The molecule has 102 valence electrons. The normalized spacial score (nSPS) is 18.4. The van der Waals surface area contributed by atoms with Crippen LogP contribution in [0.4, 0.5) is 19.3 Å². The molecule has 2 amide bonds. The molecule has 0 bridgehead atoms. The quantitative estimate of drug-likeness (QED) is 0.903. The number of hydrogen-bond donors (Lipinski definition) is 1. The van der Waals surface area contributed by atoms with E-state index in [2.05, 4.69) is 5.32 Å². The molecule has 1 fully saturated rings. The van der Waals surface area contributed by atoms with Crippen molar-refractivity contribution in [1.82, 2.24) is 5.32 Å². The van der Waals surface area contributed by atoms with Gasteiger partial charge in [-0.25, -0.2) is 13.6 Å². The number of cyclic esters (lactones) is 1. The zero-order valence-electron chi connectivity index (χ0n) is 10.2. The molecular weight excluding hydrogens is 258 g/mol. The van der Waals surface area contributed by atoms with Crippen molar-refractivity contribution in [1.29, 1.82) is 0 Å². The molecule has 1 aliphatic heterocycles. The number of halogens is 2. The fourth-order valence-electron chi connectivity index (χ4n) is 1.75. The van der Waals surface area contributed by atoms with Crippen molar-refractivity contribution in [2.75, 3.05) is 18.0 Å². The Labute approximate surface area is 108 Å². The summed E-state index contributed by atoms with van der Waals surface area (Å²) in [5.41, 5.74) is 0.217. The second-order valence-electron chi connectivity index (χ2n) is 4.15. The van der Waals surface area contributed by atoms with Gasteiger partial charge in [0.05, 0.1) is 18.8 Å². The van der Waals surface area contributed by atoms with E-state index in [1.165, 1.54) is 17.9 Å². The Morgan fingerprint density at radius 1 is 1.47 bits per heavy atom. The fraction of sp³-hybridized carbons (Fsp3) is 0.333. The average Bonchev–Trinajstić information content (AvgIpc) is 2.72. The predicted molar refractivity (Wildman–Crippen MR) is 62.7 cm³/mol. The highest BCUT2D eigenvalue weighted by Crippen LogP contribution is 2.23. The molecule has 5 nitrogen and oxygen atoms in total. The summed E-state index contributed by atoms with van der Waals surface area (Å²) in [5.74, 6) is -2.25. The Bertz CT molecular complexity index is 522. The number of carbonyl (C=O) groups excluding carboxylic acids is 2. The van der Waals surface area contributed by atoms with Crippen molar-refractivity contribution in [3.05, 3.63) is 29.8 Å². The van der Waals surface area contributed by atoms with E-state index in [9.17, 15) is 18.4 Å². The number of rotatable bonds is 3. The van der Waals surface area contributed by atoms with Gasteiger partial charge < -0.3 is 10.1 Å². The minimum absolute atomic E-state index is 0.171. The maximum atomic E-state index is 13.1. The molecule has 0 aliphatic carbocycles. The van der Waals surface area contributed by atoms with Crippen LogP contribution in [-0.2, 0) is 9.53 Å². The molecule has 0 saturated carbocycles. The second-order valence-corrected chi connectivity index (χ2v) is 4.15. The molecule has 1 atom stereocenters. The molecule has 1 N–H and O–H groups in total. The molecule has 0 radical (unpaired) electrons. The number of ether oxygens (including phenoxy) is 1. The molecular formula is C12H12F2N2O3. The van der Waals surface area contributed by atoms with Gasteiger partial charge in [0.25, 0.3) is 0 Å². The molecule has 0 spiro atoms. The van der Waals surface area contributed by atoms with Crippen LogP contribution in [0.1, 0.15) is 6.92 Å². The molecule has 1 saturated heterocycles. The number of carbonyl (C=O) groups is 2. The highest BCUT2D eigenvalue weighted by Gasteiger charge is 2.32. The maximum Gasteiger partial charge on any atom is 0.414 e. The van der Waals surface area contributed by atoms with Crippen LogP contribution in [0.25, 0.3) is 0 Å². The van der Waals surface area contributed by atoms with Gasteiger partial charge in [-0.15, -0.1) is 0 Å². The maximum absolute atomic E-state index is 13.1. The Hall–Kier alpha value is -2.18. The topological polar surface area (TPSA) is 58.6 Å². The zero-order valence-corrected chi connectivity index (χ0v) is 10.2. The van der Waals surface area contributed by atoms with Gasteiger partial charge in [0.15, 0.2) is 11.6 Å². The van der Waals surface area contributed by atoms with Crippen LogP contribution < -0.4 is 10.2 Å². The summed E-state index contributed by atoms with van der Waals surface area (Å²) in [4.78, 5) is 23.5. The van der Waals surface area contributed by atoms with E-state index >= 15 is 0 Å². The standard InChI is InChI=1S/C12H12F2N2O3/c1-7(17)15-5-9-6-16(12(18)19-9)8-2-3-10(13)11(14)4-8/h2-4,9H,5-6H2,1H3,(H,15,17). The Kier molecular flexibility index (Phi) is 3.64. The molecule has 0 aromatic heterocycles. The largest absolute Gasteiger partial charge is 0.442 e. The van der Waals surface area contributed by atoms with E-state index in [1.54, 1.807) is 0 Å². The third kappa shape index (κ3) is 2.98. The Morgan fingerprint density at radius 3 is 2.84 bits per heavy atom. The summed E-state index contributed by atoms with van der Waals surface area (Å²) >= 11 is 0. The molecule has 19 heavy (non-hydrogen) atoms. The fourth-order valence-corrected chi connectivity index (χ4v) is 1.75. The first-order valence-electron chi connectivity index (χ1n) is 5.65. The second kappa shape index (κ2) is 5.21. The van der Waals surface area contributed by atoms with E-state index in [0.717, 1.165) is 12.1 Å². The summed E-state index contributed by atoms with van der Waals surface area (Å²) in [5, 5.41) is 2.52. The van der Waals surface area contributed by atoms with Gasteiger partial charge in [-0.2, -0.15) is 0 Å². The number of nitrogens with zero attached hydrogens (tertiary/aromatic N) is 1. The van der Waals surface area contributed by atoms with E-state index in [0.29, 0.717) is 0 Å². The van der Waals surface area contributed by atoms with Crippen molar-refractivity contribution in [2.24, 2.45) is 0 Å². The first-order valence-corrected chi connectivity index (χ1v) is 5.65. The van der Waals surface area contributed by atoms with Crippen molar-refractivity contribution in [3.63, 3.8) is 0 Å². The molecule has 1 heterocycles. The Morgan fingerprint density at radius 2 is 2.21 bits per heavy atom. The van der Waals surface area contributed by atoms with Crippen molar-refractivity contribution >= 4 is 17.7 Å². The van der Waals surface area contributed by atoms with Gasteiger partial charge in [-0.1, -0.05) is 0 Å². The van der Waals surface area contributed by atoms with Gasteiger partial charge >= 0.3 is 6.09 Å². The highest BCUT2D eigenvalue weighted by molar-refractivity contribution is 5.89. The highest BCUT2D eigenvalue weighted by atomic mass is 19.2. The van der Waals surface area contributed by atoms with E-state index < -0.39 is 23.8 Å². The van der Waals surface area contributed by atoms with Crippen molar-refractivity contribution in [3.8, 4) is 0 Å². The molecule has 1 aromatic rings. The lowest BCUT2D eigenvalue weighted by molar-refractivity contribution is -0.119. The zero-order chi connectivity index (χ0) is 14.0. The predicted octanol–water partition coefficient (Wildman–Crippen LogP) is 1.43. The smallest absolute Gasteiger partial charge is 0.414 e. The van der Waals surface area contributed by atoms with Crippen LogP contribution in [0.3, 0.4) is 0 Å². The first-order chi connectivity index (χ1) is 8.97. The van der Waals surface area contributed by atoms with Gasteiger partial charge in [0, 0.05) is 13.0 Å². The van der Waals surface area contributed by atoms with Crippen molar-refractivity contribution in [2.45, 2.75) is 13.0 Å². The molecule has 2 rings (SSSR count). The van der Waals surface area contributed by atoms with E-state index in [4.69, 9.17) is 4.74 Å². The summed E-state index contributed by atoms with van der Waals surface area (Å²) in [6, 6.07) is 3.16. The molecule has 7 heteroatoms. The Balaban J connectivity index is 2.07. The lowest BCUT2D eigenvalue weighted by Crippen LogP contribution is -2.33. The lowest BCUT2D eigenvalue weighted by Gasteiger charge is -2.13. The number of amides is 2. The molecule has 1 aromatic carbocycles. The van der Waals surface area contributed by atoms with Crippen molar-refractivity contribution < 1.29 is 23.1 Å². The van der Waals surface area contributed by atoms with E-state index in [1.807, 2.05) is 0 Å². The van der Waals surface area contributed by atoms with Crippen LogP contribution in [-0.4, -0.2) is 31.2 Å². The number of benzene rings is 1. The van der Waals surface area contributed by atoms with Gasteiger partial charge in [-0.05, 0) is 12.1 Å². The minimum Gasteiger partial charge on any atom is -0.442 e. The van der Waals surface area contributed by atoms with Crippen LogP contribution in [0.15, 0.2) is 18.2 Å². The number of anilines is 1. The van der Waals surface area contributed by atoms with Crippen LogP contribution >= 0.6 is 0 Å². The number of nitrogens with one attached hydrogen (secondary N) is 1. The summed E-state index contributed by atoms with van der Waals surface area (Å²) in [6.45, 7) is 1.70. The van der Waals surface area contributed by atoms with Gasteiger partial charge in [0.1, 0.15) is 6.10 Å². The van der Waals surface area contributed by atoms with Crippen LogP contribution in [0, 0.1) is 11.6 Å². The average molecular weight is 270 g/mol. The third-order valence-corrected chi connectivity index (χ3v) is 2.67. The third-order valence-electron chi connectivity index (χ3n) is 2.67. The monoisotopic (exact) mass is 270 g/mol. The number of hydrogen-bond acceptors (Lipinski definition) is 3. The van der Waals surface area contributed by atoms with E-state index in [-0.39, 0.29) is 24.7 Å². The summed E-state index contributed by atoms with van der Waals surface area (Å²) in [6.07, 6.45) is -1.16. The first kappa shape index (κ1) is 13.3. The SMILES string of the molecule is CC(=O)NCC1CN(c2ccc(F)c(F)c2)C(=O)O1. The van der Waals surface area contributed by atoms with Crippen LogP contribution in [0.2, 0.25) is 0 Å².